The summed E-state index contributed by atoms with van der Waals surface area (Å²) in [6, 6.07) is 8.76. The van der Waals surface area contributed by atoms with Crippen molar-refractivity contribution in [2.45, 2.75) is 31.3 Å². The van der Waals surface area contributed by atoms with Gasteiger partial charge in [0.1, 0.15) is 0 Å². The lowest BCUT2D eigenvalue weighted by Gasteiger charge is -2.20. The third-order valence-electron chi connectivity index (χ3n) is 3.84. The topological polar surface area (TPSA) is 35.2 Å². The van der Waals surface area contributed by atoms with Crippen LogP contribution in [0.15, 0.2) is 24.3 Å². The molecule has 1 heterocycles. The average molecular weight is 217 g/mol. The van der Waals surface area contributed by atoms with Crippen LogP contribution < -0.4 is 5.73 Å². The number of ether oxygens (including phenoxy) is 1. The lowest BCUT2D eigenvalue weighted by molar-refractivity contribution is 0.0917. The summed E-state index contributed by atoms with van der Waals surface area (Å²) in [5.74, 6) is 1.30. The van der Waals surface area contributed by atoms with Gasteiger partial charge in [0.25, 0.3) is 0 Å². The number of hydrogen-bond acceptors (Lipinski definition) is 2. The zero-order chi connectivity index (χ0) is 11.0. The molecule has 1 saturated carbocycles. The van der Waals surface area contributed by atoms with Crippen molar-refractivity contribution >= 4 is 0 Å². The van der Waals surface area contributed by atoms with Crippen molar-refractivity contribution in [2.75, 3.05) is 13.2 Å². The summed E-state index contributed by atoms with van der Waals surface area (Å²) >= 11 is 0. The molecule has 0 bridgehead atoms. The molecule has 1 saturated heterocycles. The molecule has 1 aliphatic heterocycles. The highest BCUT2D eigenvalue weighted by Crippen LogP contribution is 2.45. The van der Waals surface area contributed by atoms with Crippen molar-refractivity contribution in [3.8, 4) is 0 Å². The molecule has 2 N–H and O–H groups in total. The van der Waals surface area contributed by atoms with Crippen LogP contribution in [0.4, 0.5) is 0 Å². The van der Waals surface area contributed by atoms with Crippen molar-refractivity contribution in [1.82, 2.24) is 0 Å². The lowest BCUT2D eigenvalue weighted by Crippen LogP contribution is -2.18. The van der Waals surface area contributed by atoms with E-state index in [2.05, 4.69) is 24.3 Å². The van der Waals surface area contributed by atoms with E-state index in [4.69, 9.17) is 10.5 Å². The van der Waals surface area contributed by atoms with Crippen LogP contribution in [0, 0.1) is 5.92 Å². The summed E-state index contributed by atoms with van der Waals surface area (Å²) in [6.45, 7) is 1.61. The Morgan fingerprint density at radius 2 is 1.88 bits per heavy atom. The van der Waals surface area contributed by atoms with E-state index in [0.717, 1.165) is 25.5 Å². The van der Waals surface area contributed by atoms with E-state index in [1.54, 1.807) is 0 Å². The van der Waals surface area contributed by atoms with Gasteiger partial charge in [-0.1, -0.05) is 24.3 Å². The van der Waals surface area contributed by atoms with Crippen molar-refractivity contribution in [2.24, 2.45) is 11.7 Å². The van der Waals surface area contributed by atoms with Crippen LogP contribution in [0.3, 0.4) is 0 Å². The zero-order valence-corrected chi connectivity index (χ0v) is 9.56. The second kappa shape index (κ2) is 4.19. The van der Waals surface area contributed by atoms with Crippen LogP contribution in [0.1, 0.15) is 42.4 Å². The highest BCUT2D eigenvalue weighted by molar-refractivity contribution is 5.35. The summed E-state index contributed by atoms with van der Waals surface area (Å²) in [6.07, 6.45) is 4.05. The van der Waals surface area contributed by atoms with Crippen molar-refractivity contribution < 1.29 is 4.74 Å². The van der Waals surface area contributed by atoms with Gasteiger partial charge in [-0.25, -0.2) is 0 Å². The monoisotopic (exact) mass is 217 g/mol. The molecule has 16 heavy (non-hydrogen) atoms. The van der Waals surface area contributed by atoms with E-state index >= 15 is 0 Å². The molecule has 1 aromatic carbocycles. The summed E-state index contributed by atoms with van der Waals surface area (Å²) < 4.78 is 5.88. The van der Waals surface area contributed by atoms with Gasteiger partial charge >= 0.3 is 0 Å². The Balaban J connectivity index is 1.92. The third kappa shape index (κ3) is 1.76. The Kier molecular flexibility index (Phi) is 2.70. The first kappa shape index (κ1) is 10.3. The minimum Gasteiger partial charge on any atom is -0.373 e. The fraction of sp³-hybridized carbons (Fsp3) is 0.571. The Hall–Kier alpha value is -0.860. The summed E-state index contributed by atoms with van der Waals surface area (Å²) in [5.41, 5.74) is 8.73. The molecule has 0 amide bonds. The number of benzene rings is 1. The SMILES string of the molecule is NCC1CCOC1c1ccccc1C1CC1. The fourth-order valence-electron chi connectivity index (χ4n) is 2.76. The molecule has 0 aromatic heterocycles. The predicted molar refractivity (Wildman–Crippen MR) is 64.3 cm³/mol. The summed E-state index contributed by atoms with van der Waals surface area (Å²) in [5, 5.41) is 0. The van der Waals surface area contributed by atoms with E-state index in [1.807, 2.05) is 0 Å². The standard InChI is InChI=1S/C14H19NO/c15-9-11-7-8-16-14(11)13-4-2-1-3-12(13)10-5-6-10/h1-4,10-11,14H,5-9,15H2. The Morgan fingerprint density at radius 1 is 1.12 bits per heavy atom. The maximum Gasteiger partial charge on any atom is 0.0868 e. The number of rotatable bonds is 3. The molecule has 1 aromatic rings. The van der Waals surface area contributed by atoms with Gasteiger partial charge in [-0.15, -0.1) is 0 Å². The number of nitrogens with two attached hydrogens (primary N) is 1. The second-order valence-electron chi connectivity index (χ2n) is 4.98. The molecule has 2 unspecified atom stereocenters. The van der Waals surface area contributed by atoms with Gasteiger partial charge < -0.3 is 10.5 Å². The zero-order valence-electron chi connectivity index (χ0n) is 9.56. The summed E-state index contributed by atoms with van der Waals surface area (Å²) in [4.78, 5) is 0. The van der Waals surface area contributed by atoms with Crippen LogP contribution in [0.25, 0.3) is 0 Å². The van der Waals surface area contributed by atoms with Gasteiger partial charge in [0.05, 0.1) is 6.10 Å². The normalized spacial score (nSPS) is 29.6. The van der Waals surface area contributed by atoms with E-state index in [-0.39, 0.29) is 6.10 Å². The maximum atomic E-state index is 5.88. The van der Waals surface area contributed by atoms with Crippen molar-refractivity contribution in [3.05, 3.63) is 35.4 Å². The van der Waals surface area contributed by atoms with Crippen LogP contribution >= 0.6 is 0 Å². The molecule has 2 atom stereocenters. The largest absolute Gasteiger partial charge is 0.373 e. The van der Waals surface area contributed by atoms with Gasteiger partial charge in [0.2, 0.25) is 0 Å². The highest BCUT2D eigenvalue weighted by atomic mass is 16.5. The van der Waals surface area contributed by atoms with Gasteiger partial charge in [-0.05, 0) is 42.9 Å². The lowest BCUT2D eigenvalue weighted by atomic mass is 9.90. The first-order valence-corrected chi connectivity index (χ1v) is 6.30. The molecular weight excluding hydrogens is 198 g/mol. The van der Waals surface area contributed by atoms with Crippen molar-refractivity contribution in [1.29, 1.82) is 0 Å². The molecule has 2 aliphatic rings. The molecule has 2 nitrogen and oxygen atoms in total. The molecule has 3 rings (SSSR count). The van der Waals surface area contributed by atoms with E-state index in [1.165, 1.54) is 24.0 Å². The predicted octanol–water partition coefficient (Wildman–Crippen LogP) is 2.60. The quantitative estimate of drug-likeness (QED) is 0.844. The average Bonchev–Trinajstić information content (AvgIpc) is 3.07. The fourth-order valence-corrected chi connectivity index (χ4v) is 2.76. The molecular formula is C14H19NO. The molecule has 86 valence electrons. The molecule has 0 spiro atoms. The Labute approximate surface area is 96.8 Å². The smallest absolute Gasteiger partial charge is 0.0868 e. The van der Waals surface area contributed by atoms with Gasteiger partial charge in [0.15, 0.2) is 0 Å². The van der Waals surface area contributed by atoms with E-state index < -0.39 is 0 Å². The van der Waals surface area contributed by atoms with E-state index in [9.17, 15) is 0 Å². The van der Waals surface area contributed by atoms with E-state index in [0.29, 0.717) is 5.92 Å². The highest BCUT2D eigenvalue weighted by Gasteiger charge is 2.33. The molecule has 2 heteroatoms. The van der Waals surface area contributed by atoms with Crippen LogP contribution in [-0.4, -0.2) is 13.2 Å². The summed E-state index contributed by atoms with van der Waals surface area (Å²) in [7, 11) is 0. The first-order valence-electron chi connectivity index (χ1n) is 6.30. The Bertz CT molecular complexity index is 373. The van der Waals surface area contributed by atoms with Crippen molar-refractivity contribution in [3.63, 3.8) is 0 Å². The second-order valence-corrected chi connectivity index (χ2v) is 4.98. The minimum atomic E-state index is 0.252. The number of hydrogen-bond donors (Lipinski definition) is 1. The van der Waals surface area contributed by atoms with Crippen LogP contribution in [0.5, 0.6) is 0 Å². The first-order chi connectivity index (χ1) is 7.90. The molecule has 1 aliphatic carbocycles. The maximum absolute atomic E-state index is 5.88. The van der Waals surface area contributed by atoms with Crippen LogP contribution in [-0.2, 0) is 4.74 Å². The third-order valence-corrected chi connectivity index (χ3v) is 3.84. The Morgan fingerprint density at radius 3 is 2.56 bits per heavy atom. The van der Waals surface area contributed by atoms with Gasteiger partial charge in [0, 0.05) is 12.5 Å². The molecule has 2 fully saturated rings. The van der Waals surface area contributed by atoms with Crippen LogP contribution in [0.2, 0.25) is 0 Å². The minimum absolute atomic E-state index is 0.252. The molecule has 0 radical (unpaired) electrons. The van der Waals surface area contributed by atoms with Gasteiger partial charge in [-0.2, -0.15) is 0 Å². The van der Waals surface area contributed by atoms with Gasteiger partial charge in [-0.3, -0.25) is 0 Å².